The van der Waals surface area contributed by atoms with Gasteiger partial charge in [-0.15, -0.1) is 0 Å². The molecule has 0 saturated carbocycles. The summed E-state index contributed by atoms with van der Waals surface area (Å²) in [7, 11) is 0. The number of nitrogens with zero attached hydrogens (tertiary/aromatic N) is 1. The second-order valence-corrected chi connectivity index (χ2v) is 5.59. The van der Waals surface area contributed by atoms with Crippen molar-refractivity contribution in [2.24, 2.45) is 0 Å². The van der Waals surface area contributed by atoms with Gasteiger partial charge in [0, 0.05) is 0 Å². The van der Waals surface area contributed by atoms with Crippen LogP contribution in [0.1, 0.15) is 22.6 Å². The Kier molecular flexibility index (Phi) is 3.90. The highest BCUT2D eigenvalue weighted by Gasteiger charge is 2.37. The van der Waals surface area contributed by atoms with Gasteiger partial charge in [0.1, 0.15) is 17.1 Å². The van der Waals surface area contributed by atoms with Crippen molar-refractivity contribution in [2.75, 3.05) is 5.01 Å². The van der Waals surface area contributed by atoms with E-state index in [-0.39, 0.29) is 11.3 Å². The molecule has 1 saturated heterocycles. The Morgan fingerprint density at radius 1 is 1.16 bits per heavy atom. The molecule has 1 fully saturated rings. The Morgan fingerprint density at radius 2 is 1.88 bits per heavy atom. The predicted octanol–water partition coefficient (Wildman–Crippen LogP) is 3.38. The summed E-state index contributed by atoms with van der Waals surface area (Å²) in [6.45, 7) is 3.48. The Balaban J connectivity index is 1.96. The number of amides is 2. The van der Waals surface area contributed by atoms with Crippen LogP contribution in [0.25, 0.3) is 6.08 Å². The number of halogens is 3. The molecule has 1 aromatic heterocycles. The standard InChI is InChI=1S/C17H13F3N2O3/c1-9-6-10(2)25-14(9)8-13-15(23)21-22(16(13)24)12-5-3-4-11(7-12)17(18,19)20/h3-8H,1-2H3,(H,21,23)/b13-8-. The maximum Gasteiger partial charge on any atom is 0.416 e. The summed E-state index contributed by atoms with van der Waals surface area (Å²) in [5, 5.41) is 0.786. The zero-order valence-electron chi connectivity index (χ0n) is 13.3. The molecule has 0 spiro atoms. The first-order chi connectivity index (χ1) is 11.7. The summed E-state index contributed by atoms with van der Waals surface area (Å²) < 4.78 is 43.9. The van der Waals surface area contributed by atoms with Crippen LogP contribution in [0.5, 0.6) is 0 Å². The molecule has 1 aliphatic heterocycles. The average molecular weight is 350 g/mol. The second-order valence-electron chi connectivity index (χ2n) is 5.59. The summed E-state index contributed by atoms with van der Waals surface area (Å²) in [4.78, 5) is 24.5. The molecule has 2 aromatic rings. The quantitative estimate of drug-likeness (QED) is 0.667. The number of furan rings is 1. The number of carbonyl (C=O) groups is 2. The lowest BCUT2D eigenvalue weighted by atomic mass is 10.1. The fourth-order valence-electron chi connectivity index (χ4n) is 2.49. The number of aryl methyl sites for hydroxylation is 2. The molecule has 5 nitrogen and oxygen atoms in total. The number of hydrogen-bond acceptors (Lipinski definition) is 3. The highest BCUT2D eigenvalue weighted by molar-refractivity contribution is 6.31. The molecule has 3 rings (SSSR count). The van der Waals surface area contributed by atoms with E-state index in [0.29, 0.717) is 11.5 Å². The second kappa shape index (κ2) is 5.80. The van der Waals surface area contributed by atoms with Crippen LogP contribution in [0.15, 0.2) is 40.3 Å². The van der Waals surface area contributed by atoms with Gasteiger partial charge >= 0.3 is 6.18 Å². The topological polar surface area (TPSA) is 62.6 Å². The SMILES string of the molecule is Cc1cc(C)c(/C=C2/C(=O)NN(c3cccc(C(F)(F)F)c3)C2=O)o1. The van der Waals surface area contributed by atoms with Crippen molar-refractivity contribution in [1.29, 1.82) is 0 Å². The summed E-state index contributed by atoms with van der Waals surface area (Å²) in [6.07, 6.45) is -3.27. The van der Waals surface area contributed by atoms with E-state index >= 15 is 0 Å². The van der Waals surface area contributed by atoms with Gasteiger partial charge in [-0.05, 0) is 49.8 Å². The van der Waals surface area contributed by atoms with Crippen molar-refractivity contribution in [2.45, 2.75) is 20.0 Å². The molecule has 1 aliphatic rings. The van der Waals surface area contributed by atoms with E-state index in [9.17, 15) is 22.8 Å². The van der Waals surface area contributed by atoms with Crippen LogP contribution >= 0.6 is 0 Å². The number of alkyl halides is 3. The van der Waals surface area contributed by atoms with Crippen molar-refractivity contribution < 1.29 is 27.2 Å². The molecule has 0 aliphatic carbocycles. The van der Waals surface area contributed by atoms with Gasteiger partial charge in [-0.1, -0.05) is 6.07 Å². The molecule has 0 bridgehead atoms. The first kappa shape index (κ1) is 16.8. The molecule has 2 amide bonds. The predicted molar refractivity (Wildman–Crippen MR) is 83.2 cm³/mol. The van der Waals surface area contributed by atoms with Crippen LogP contribution in [0.3, 0.4) is 0 Å². The maximum atomic E-state index is 12.8. The van der Waals surface area contributed by atoms with E-state index in [1.807, 2.05) is 0 Å². The van der Waals surface area contributed by atoms with Gasteiger partial charge in [0.2, 0.25) is 0 Å². The van der Waals surface area contributed by atoms with E-state index < -0.39 is 23.6 Å². The molecule has 130 valence electrons. The molecule has 2 heterocycles. The van der Waals surface area contributed by atoms with Crippen LogP contribution in [0.2, 0.25) is 0 Å². The number of nitrogens with one attached hydrogen (secondary N) is 1. The monoisotopic (exact) mass is 350 g/mol. The molecular weight excluding hydrogens is 337 g/mol. The smallest absolute Gasteiger partial charge is 0.416 e. The molecule has 0 unspecified atom stereocenters. The third kappa shape index (κ3) is 3.15. The van der Waals surface area contributed by atoms with E-state index in [0.717, 1.165) is 22.7 Å². The third-order valence-electron chi connectivity index (χ3n) is 3.68. The molecule has 1 N–H and O–H groups in total. The van der Waals surface area contributed by atoms with Gasteiger partial charge in [-0.3, -0.25) is 15.0 Å². The van der Waals surface area contributed by atoms with Gasteiger partial charge in [0.05, 0.1) is 11.3 Å². The maximum absolute atomic E-state index is 12.8. The van der Waals surface area contributed by atoms with Crippen LogP contribution in [-0.2, 0) is 15.8 Å². The van der Waals surface area contributed by atoms with Crippen molar-refractivity contribution in [3.8, 4) is 0 Å². The molecule has 0 radical (unpaired) electrons. The highest BCUT2D eigenvalue weighted by Crippen LogP contribution is 2.32. The third-order valence-corrected chi connectivity index (χ3v) is 3.68. The van der Waals surface area contributed by atoms with E-state index in [4.69, 9.17) is 4.42 Å². The minimum absolute atomic E-state index is 0.0797. The Hall–Kier alpha value is -3.03. The molecule has 1 aromatic carbocycles. The molecular formula is C17H13F3N2O3. The van der Waals surface area contributed by atoms with Crippen molar-refractivity contribution in [3.05, 3.63) is 58.6 Å². The highest BCUT2D eigenvalue weighted by atomic mass is 19.4. The number of hydrazine groups is 1. The van der Waals surface area contributed by atoms with E-state index in [1.54, 1.807) is 19.9 Å². The summed E-state index contributed by atoms with van der Waals surface area (Å²) in [5.74, 6) is -0.500. The molecule has 25 heavy (non-hydrogen) atoms. The first-order valence-corrected chi connectivity index (χ1v) is 7.28. The van der Waals surface area contributed by atoms with Crippen molar-refractivity contribution in [1.82, 2.24) is 5.43 Å². The van der Waals surface area contributed by atoms with E-state index in [2.05, 4.69) is 5.43 Å². The van der Waals surface area contributed by atoms with Crippen LogP contribution < -0.4 is 10.4 Å². The summed E-state index contributed by atoms with van der Waals surface area (Å²) in [5.41, 5.74) is 1.79. The fourth-order valence-corrected chi connectivity index (χ4v) is 2.49. The average Bonchev–Trinajstić information content (AvgIpc) is 2.99. The minimum Gasteiger partial charge on any atom is -0.462 e. The van der Waals surface area contributed by atoms with Crippen LogP contribution in [-0.4, -0.2) is 11.8 Å². The Bertz CT molecular complexity index is 897. The largest absolute Gasteiger partial charge is 0.462 e. The fraction of sp³-hybridized carbons (Fsp3) is 0.176. The molecule has 0 atom stereocenters. The first-order valence-electron chi connectivity index (χ1n) is 7.28. The molecule has 8 heteroatoms. The zero-order chi connectivity index (χ0) is 18.4. The number of rotatable bonds is 2. The Morgan fingerprint density at radius 3 is 2.48 bits per heavy atom. The van der Waals surface area contributed by atoms with Gasteiger partial charge in [-0.25, -0.2) is 5.01 Å². The van der Waals surface area contributed by atoms with Gasteiger partial charge in [-0.2, -0.15) is 13.2 Å². The lowest BCUT2D eigenvalue weighted by Crippen LogP contribution is -2.35. The number of carbonyl (C=O) groups excluding carboxylic acids is 2. The van der Waals surface area contributed by atoms with Crippen molar-refractivity contribution in [3.63, 3.8) is 0 Å². The summed E-state index contributed by atoms with van der Waals surface area (Å²) in [6, 6.07) is 5.90. The van der Waals surface area contributed by atoms with Gasteiger partial charge in [0.15, 0.2) is 0 Å². The van der Waals surface area contributed by atoms with Crippen molar-refractivity contribution >= 4 is 23.6 Å². The normalized spacial score (nSPS) is 16.7. The summed E-state index contributed by atoms with van der Waals surface area (Å²) >= 11 is 0. The van der Waals surface area contributed by atoms with Crippen LogP contribution in [0, 0.1) is 13.8 Å². The number of benzene rings is 1. The van der Waals surface area contributed by atoms with Gasteiger partial charge < -0.3 is 4.42 Å². The van der Waals surface area contributed by atoms with Crippen LogP contribution in [0.4, 0.5) is 18.9 Å². The Labute approximate surface area is 140 Å². The zero-order valence-corrected chi connectivity index (χ0v) is 13.3. The van der Waals surface area contributed by atoms with E-state index in [1.165, 1.54) is 18.2 Å². The minimum atomic E-state index is -4.55. The van der Waals surface area contributed by atoms with Gasteiger partial charge in [0.25, 0.3) is 11.8 Å². The number of hydrogen-bond donors (Lipinski definition) is 1. The lowest BCUT2D eigenvalue weighted by Gasteiger charge is -2.16. The lowest BCUT2D eigenvalue weighted by molar-refractivity contribution is -0.137. The number of anilines is 1.